The predicted molar refractivity (Wildman–Crippen MR) is 87.2 cm³/mol. The van der Waals surface area contributed by atoms with E-state index in [-0.39, 0.29) is 35.6 Å². The molecule has 2 aliphatic rings. The highest BCUT2D eigenvalue weighted by atomic mass is 35.5. The van der Waals surface area contributed by atoms with E-state index in [1.54, 1.807) is 4.90 Å². The maximum atomic E-state index is 13.1. The summed E-state index contributed by atoms with van der Waals surface area (Å²) >= 11 is 5.63. The summed E-state index contributed by atoms with van der Waals surface area (Å²) in [5.74, 6) is -1.30. The Morgan fingerprint density at radius 2 is 1.92 bits per heavy atom. The zero-order chi connectivity index (χ0) is 18.2. The minimum Gasteiger partial charge on any atom is -0.339 e. The van der Waals surface area contributed by atoms with Crippen LogP contribution < -0.4 is 5.32 Å². The second-order valence-electron chi connectivity index (χ2n) is 6.56. The average Bonchev–Trinajstić information content (AvgIpc) is 3.17. The smallest absolute Gasteiger partial charge is 0.339 e. The summed E-state index contributed by atoms with van der Waals surface area (Å²) in [6, 6.07) is 3.36. The van der Waals surface area contributed by atoms with Gasteiger partial charge in [-0.1, -0.05) is 24.4 Å². The van der Waals surface area contributed by atoms with Crippen LogP contribution in [0.3, 0.4) is 0 Å². The second-order valence-corrected chi connectivity index (χ2v) is 7.00. The lowest BCUT2D eigenvalue weighted by Gasteiger charge is -2.24. The Hall–Kier alpha value is -1.76. The third-order valence-corrected chi connectivity index (χ3v) is 5.07. The molecule has 2 fully saturated rings. The van der Waals surface area contributed by atoms with Crippen molar-refractivity contribution in [3.63, 3.8) is 0 Å². The van der Waals surface area contributed by atoms with Gasteiger partial charge in [0.15, 0.2) is 0 Å². The number of nitrogens with zero attached hydrogens (tertiary/aromatic N) is 1. The van der Waals surface area contributed by atoms with Crippen LogP contribution in [0, 0.1) is 5.92 Å². The Morgan fingerprint density at radius 1 is 1.24 bits per heavy atom. The van der Waals surface area contributed by atoms with Crippen LogP contribution in [0.2, 0.25) is 5.02 Å². The van der Waals surface area contributed by atoms with Gasteiger partial charge in [-0.25, -0.2) is 0 Å². The van der Waals surface area contributed by atoms with Crippen molar-refractivity contribution in [1.29, 1.82) is 0 Å². The molecule has 1 heterocycles. The number of likely N-dealkylation sites (tertiary alicyclic amines) is 1. The highest BCUT2D eigenvalue weighted by Gasteiger charge is 2.40. The Morgan fingerprint density at radius 3 is 2.56 bits per heavy atom. The molecule has 1 aromatic carbocycles. The number of anilines is 1. The molecule has 1 aliphatic heterocycles. The number of rotatable bonds is 3. The van der Waals surface area contributed by atoms with Crippen LogP contribution >= 0.6 is 11.6 Å². The molecule has 1 saturated carbocycles. The third-order valence-electron chi connectivity index (χ3n) is 4.84. The highest BCUT2D eigenvalue weighted by Crippen LogP contribution is 2.37. The number of amides is 2. The molecule has 4 nitrogen and oxygen atoms in total. The van der Waals surface area contributed by atoms with E-state index in [2.05, 4.69) is 5.32 Å². The molecule has 1 unspecified atom stereocenters. The summed E-state index contributed by atoms with van der Waals surface area (Å²) < 4.78 is 39.3. The molecule has 0 bridgehead atoms. The van der Waals surface area contributed by atoms with E-state index < -0.39 is 23.6 Å². The van der Waals surface area contributed by atoms with Gasteiger partial charge in [-0.2, -0.15) is 13.2 Å². The molecule has 1 saturated heterocycles. The van der Waals surface area contributed by atoms with Crippen molar-refractivity contribution in [3.8, 4) is 0 Å². The number of hydrogen-bond acceptors (Lipinski definition) is 2. The largest absolute Gasteiger partial charge is 0.418 e. The second kappa shape index (κ2) is 6.86. The lowest BCUT2D eigenvalue weighted by molar-refractivity contribution is -0.137. The summed E-state index contributed by atoms with van der Waals surface area (Å²) in [7, 11) is 0. The van der Waals surface area contributed by atoms with E-state index in [0.717, 1.165) is 37.8 Å². The quantitative estimate of drug-likeness (QED) is 0.866. The van der Waals surface area contributed by atoms with Gasteiger partial charge in [0.2, 0.25) is 11.8 Å². The molecular weight excluding hydrogens is 357 g/mol. The zero-order valence-electron chi connectivity index (χ0n) is 13.4. The first kappa shape index (κ1) is 18.0. The van der Waals surface area contributed by atoms with Crippen molar-refractivity contribution in [2.45, 2.75) is 44.3 Å². The number of carbonyl (C=O) groups is 2. The summed E-state index contributed by atoms with van der Waals surface area (Å²) in [6.07, 6.45) is -0.618. The van der Waals surface area contributed by atoms with Crippen molar-refractivity contribution in [1.82, 2.24) is 4.90 Å². The lowest BCUT2D eigenvalue weighted by atomic mass is 10.1. The molecular formula is C17H18ClF3N2O2. The van der Waals surface area contributed by atoms with Crippen molar-refractivity contribution >= 4 is 29.1 Å². The minimum atomic E-state index is -4.63. The molecule has 1 N–H and O–H groups in total. The fourth-order valence-corrected chi connectivity index (χ4v) is 3.74. The monoisotopic (exact) mass is 374 g/mol. The molecule has 25 heavy (non-hydrogen) atoms. The lowest BCUT2D eigenvalue weighted by Crippen LogP contribution is -2.35. The molecule has 8 heteroatoms. The van der Waals surface area contributed by atoms with Gasteiger partial charge in [0.25, 0.3) is 0 Å². The van der Waals surface area contributed by atoms with Crippen LogP contribution in [0.1, 0.15) is 37.7 Å². The number of carbonyl (C=O) groups excluding carboxylic acids is 2. The minimum absolute atomic E-state index is 0.0390. The van der Waals surface area contributed by atoms with E-state index >= 15 is 0 Å². The number of hydrogen-bond donors (Lipinski definition) is 1. The normalized spacial score (nSPS) is 21.8. The van der Waals surface area contributed by atoms with Crippen LogP contribution in [0.15, 0.2) is 18.2 Å². The van der Waals surface area contributed by atoms with E-state index in [1.165, 1.54) is 6.07 Å². The van der Waals surface area contributed by atoms with Crippen LogP contribution in [0.25, 0.3) is 0 Å². The van der Waals surface area contributed by atoms with Gasteiger partial charge in [0.05, 0.1) is 17.2 Å². The first-order valence-corrected chi connectivity index (χ1v) is 8.60. The molecule has 0 aromatic heterocycles. The average molecular weight is 375 g/mol. The van der Waals surface area contributed by atoms with Gasteiger partial charge in [-0.15, -0.1) is 0 Å². The predicted octanol–water partition coefficient (Wildman–Crippen LogP) is 4.09. The molecule has 2 amide bonds. The van der Waals surface area contributed by atoms with Gasteiger partial charge in [-0.05, 0) is 31.0 Å². The third kappa shape index (κ3) is 3.92. The fourth-order valence-electron chi connectivity index (χ4n) is 3.57. The van der Waals surface area contributed by atoms with E-state index in [4.69, 9.17) is 11.6 Å². The van der Waals surface area contributed by atoms with Crippen molar-refractivity contribution in [2.24, 2.45) is 5.92 Å². The molecule has 1 atom stereocenters. The molecule has 0 radical (unpaired) electrons. The Labute approximate surface area is 148 Å². The van der Waals surface area contributed by atoms with Crippen LogP contribution in [-0.2, 0) is 15.8 Å². The Bertz CT molecular complexity index is 687. The number of halogens is 4. The van der Waals surface area contributed by atoms with Gasteiger partial charge in [0, 0.05) is 24.0 Å². The highest BCUT2D eigenvalue weighted by molar-refractivity contribution is 6.30. The van der Waals surface area contributed by atoms with Crippen LogP contribution in [-0.4, -0.2) is 29.3 Å². The first-order chi connectivity index (χ1) is 11.8. The number of alkyl halides is 3. The SMILES string of the molecule is O=C(Nc1ccc(Cl)cc1C(F)(F)F)C1CC(=O)N(C2CCCC2)C1. The summed E-state index contributed by atoms with van der Waals surface area (Å²) in [5, 5.41) is 2.26. The van der Waals surface area contributed by atoms with Crippen LogP contribution in [0.4, 0.5) is 18.9 Å². The molecule has 3 rings (SSSR count). The maximum absolute atomic E-state index is 13.1. The molecule has 0 spiro atoms. The standard InChI is InChI=1S/C17H18ClF3N2O2/c18-11-5-6-14(13(8-11)17(19,20)21)22-16(25)10-7-15(24)23(9-10)12-3-1-2-4-12/h5-6,8,10,12H,1-4,7,9H2,(H,22,25). The van der Waals surface area contributed by atoms with Crippen molar-refractivity contribution < 1.29 is 22.8 Å². The number of benzene rings is 1. The maximum Gasteiger partial charge on any atom is 0.418 e. The first-order valence-electron chi connectivity index (χ1n) is 8.23. The zero-order valence-corrected chi connectivity index (χ0v) is 14.2. The van der Waals surface area contributed by atoms with Crippen LogP contribution in [0.5, 0.6) is 0 Å². The molecule has 1 aliphatic carbocycles. The van der Waals surface area contributed by atoms with Gasteiger partial charge >= 0.3 is 6.18 Å². The van der Waals surface area contributed by atoms with Gasteiger partial charge in [-0.3, -0.25) is 9.59 Å². The Kier molecular flexibility index (Phi) is 4.95. The van der Waals surface area contributed by atoms with Crippen molar-refractivity contribution in [3.05, 3.63) is 28.8 Å². The van der Waals surface area contributed by atoms with Gasteiger partial charge in [0.1, 0.15) is 0 Å². The molecule has 136 valence electrons. The Balaban J connectivity index is 1.72. The van der Waals surface area contributed by atoms with E-state index in [1.807, 2.05) is 0 Å². The van der Waals surface area contributed by atoms with E-state index in [9.17, 15) is 22.8 Å². The fraction of sp³-hybridized carbons (Fsp3) is 0.529. The summed E-state index contributed by atoms with van der Waals surface area (Å²) in [5.41, 5.74) is -1.33. The summed E-state index contributed by atoms with van der Waals surface area (Å²) in [4.78, 5) is 26.3. The topological polar surface area (TPSA) is 49.4 Å². The van der Waals surface area contributed by atoms with E-state index in [0.29, 0.717) is 0 Å². The number of nitrogens with one attached hydrogen (secondary N) is 1. The van der Waals surface area contributed by atoms with Gasteiger partial charge < -0.3 is 10.2 Å². The summed E-state index contributed by atoms with van der Waals surface area (Å²) in [6.45, 7) is 0.268. The molecule has 1 aromatic rings. The van der Waals surface area contributed by atoms with Crippen molar-refractivity contribution in [2.75, 3.05) is 11.9 Å².